The lowest BCUT2D eigenvalue weighted by Crippen LogP contribution is -2.33. The molecule has 8 nitrogen and oxygen atoms in total. The van der Waals surface area contributed by atoms with Crippen LogP contribution in [0.1, 0.15) is 74.5 Å². The normalized spacial score (nSPS) is 24.7. The second-order valence-corrected chi connectivity index (χ2v) is 11.2. The number of alkyl halides is 3. The number of amides is 2. The van der Waals surface area contributed by atoms with Crippen LogP contribution >= 0.6 is 0 Å². The molecule has 2 N–H and O–H groups in total. The molecule has 1 saturated heterocycles. The van der Waals surface area contributed by atoms with E-state index in [0.29, 0.717) is 12.4 Å². The molecule has 2 aromatic rings. The number of imide groups is 1. The first-order valence-electron chi connectivity index (χ1n) is 13.3. The summed E-state index contributed by atoms with van der Waals surface area (Å²) in [7, 11) is 0. The lowest BCUT2D eigenvalue weighted by molar-refractivity contribution is -0.150. The van der Waals surface area contributed by atoms with Gasteiger partial charge >= 0.3 is 12.1 Å². The molecule has 208 valence electrons. The summed E-state index contributed by atoms with van der Waals surface area (Å²) >= 11 is 0. The third-order valence-electron chi connectivity index (χ3n) is 8.13. The van der Waals surface area contributed by atoms with Crippen LogP contribution in [0.15, 0.2) is 30.6 Å². The monoisotopic (exact) mass is 544 g/mol. The molecule has 3 aliphatic rings. The van der Waals surface area contributed by atoms with Gasteiger partial charge in [0.2, 0.25) is 17.8 Å². The molecule has 2 fully saturated rings. The van der Waals surface area contributed by atoms with E-state index in [1.165, 1.54) is 6.92 Å². The Bertz CT molecular complexity index is 1260. The van der Waals surface area contributed by atoms with E-state index in [1.54, 1.807) is 12.4 Å². The van der Waals surface area contributed by atoms with Crippen LogP contribution in [0.3, 0.4) is 0 Å². The molecule has 39 heavy (non-hydrogen) atoms. The summed E-state index contributed by atoms with van der Waals surface area (Å²) in [6.07, 6.45) is 1.81. The minimum absolute atomic E-state index is 0.00417. The van der Waals surface area contributed by atoms with Gasteiger partial charge < -0.3 is 10.1 Å². The quantitative estimate of drug-likeness (QED) is 0.343. The molecular formula is C28H31F3N4O4. The molecule has 2 aliphatic carbocycles. The first kappa shape index (κ1) is 27.1. The number of aryl methyl sites for hydroxylation is 1. The van der Waals surface area contributed by atoms with Crippen LogP contribution in [0, 0.1) is 11.8 Å². The molecule has 2 amide bonds. The van der Waals surface area contributed by atoms with Crippen LogP contribution in [0.25, 0.3) is 0 Å². The molecule has 1 saturated carbocycles. The minimum atomic E-state index is -4.22. The van der Waals surface area contributed by atoms with Gasteiger partial charge in [-0.2, -0.15) is 13.2 Å². The summed E-state index contributed by atoms with van der Waals surface area (Å²) in [5, 5.41) is 5.63. The Balaban J connectivity index is 1.06. The number of nitrogens with zero attached hydrogens (tertiary/aromatic N) is 2. The van der Waals surface area contributed by atoms with E-state index < -0.39 is 29.9 Å². The van der Waals surface area contributed by atoms with Crippen LogP contribution in [0.2, 0.25) is 0 Å². The lowest BCUT2D eigenvalue weighted by atomic mass is 9.72. The van der Waals surface area contributed by atoms with Gasteiger partial charge in [0.15, 0.2) is 0 Å². The molecule has 11 heteroatoms. The van der Waals surface area contributed by atoms with E-state index in [9.17, 15) is 27.6 Å². The zero-order chi connectivity index (χ0) is 27.8. The largest absolute Gasteiger partial charge is 0.465 e. The molecule has 0 radical (unpaired) electrons. The maximum Gasteiger partial charge on any atom is 0.389 e. The Morgan fingerprint density at radius 2 is 1.97 bits per heavy atom. The van der Waals surface area contributed by atoms with Gasteiger partial charge in [-0.25, -0.2) is 9.97 Å². The molecule has 1 spiro atoms. The molecule has 1 aromatic carbocycles. The van der Waals surface area contributed by atoms with Gasteiger partial charge in [-0.15, -0.1) is 0 Å². The van der Waals surface area contributed by atoms with E-state index >= 15 is 0 Å². The number of hydrogen-bond acceptors (Lipinski definition) is 7. The summed E-state index contributed by atoms with van der Waals surface area (Å²) in [6, 6.07) is 5.75. The zero-order valence-electron chi connectivity index (χ0n) is 21.6. The number of nitrogens with one attached hydrogen (secondary N) is 2. The number of rotatable bonds is 9. The average molecular weight is 545 g/mol. The van der Waals surface area contributed by atoms with Crippen LogP contribution < -0.4 is 10.6 Å². The maximum atomic E-state index is 12.4. The van der Waals surface area contributed by atoms with Crippen molar-refractivity contribution in [1.29, 1.82) is 0 Å². The van der Waals surface area contributed by atoms with Gasteiger partial charge in [0.05, 0.1) is 12.0 Å². The highest BCUT2D eigenvalue weighted by molar-refractivity contribution is 6.09. The van der Waals surface area contributed by atoms with E-state index in [2.05, 4.69) is 20.6 Å². The maximum absolute atomic E-state index is 12.4. The van der Waals surface area contributed by atoms with Gasteiger partial charge in [-0.05, 0) is 78.7 Å². The molecule has 5 rings (SSSR count). The van der Waals surface area contributed by atoms with Crippen LogP contribution in [-0.2, 0) is 31.0 Å². The van der Waals surface area contributed by atoms with Crippen molar-refractivity contribution < 1.29 is 32.3 Å². The van der Waals surface area contributed by atoms with Gasteiger partial charge in [-0.1, -0.05) is 13.0 Å². The van der Waals surface area contributed by atoms with E-state index in [1.807, 2.05) is 18.2 Å². The Morgan fingerprint density at radius 3 is 2.64 bits per heavy atom. The molecular weight excluding hydrogens is 513 g/mol. The Labute approximate surface area is 224 Å². The summed E-state index contributed by atoms with van der Waals surface area (Å²) in [5.41, 5.74) is 3.02. The van der Waals surface area contributed by atoms with Gasteiger partial charge in [0, 0.05) is 37.3 Å². The van der Waals surface area contributed by atoms with Crippen LogP contribution in [-0.4, -0.2) is 40.5 Å². The number of benzene rings is 1. The van der Waals surface area contributed by atoms with E-state index in [4.69, 9.17) is 4.74 Å². The lowest BCUT2D eigenvalue weighted by Gasteiger charge is -2.34. The van der Waals surface area contributed by atoms with Gasteiger partial charge in [-0.3, -0.25) is 19.7 Å². The van der Waals surface area contributed by atoms with Crippen LogP contribution in [0.5, 0.6) is 0 Å². The number of halogens is 3. The summed E-state index contributed by atoms with van der Waals surface area (Å²) in [5.74, 6) is -0.558. The number of aromatic nitrogens is 2. The van der Waals surface area contributed by atoms with Gasteiger partial charge in [0.25, 0.3) is 0 Å². The van der Waals surface area contributed by atoms with Crippen molar-refractivity contribution in [3.8, 4) is 0 Å². The number of hydrogen-bond donors (Lipinski definition) is 2. The Kier molecular flexibility index (Phi) is 7.35. The molecule has 1 unspecified atom stereocenters. The molecule has 0 bridgehead atoms. The topological polar surface area (TPSA) is 110 Å². The highest BCUT2D eigenvalue weighted by atomic mass is 19.4. The zero-order valence-corrected chi connectivity index (χ0v) is 21.6. The second-order valence-electron chi connectivity index (χ2n) is 11.2. The van der Waals surface area contributed by atoms with Crippen molar-refractivity contribution in [2.45, 2.75) is 75.8 Å². The summed E-state index contributed by atoms with van der Waals surface area (Å²) < 4.78 is 42.5. The summed E-state index contributed by atoms with van der Waals surface area (Å²) in [4.78, 5) is 45.0. The fourth-order valence-electron chi connectivity index (χ4n) is 5.92. The van der Waals surface area contributed by atoms with Crippen LogP contribution in [0.4, 0.5) is 24.8 Å². The smallest absolute Gasteiger partial charge is 0.389 e. The molecule has 2 heterocycles. The Hall–Kier alpha value is -3.50. The number of esters is 1. The standard InChI is InChI=1S/C28H31F3N4O4/c1-16(11-28(29,30)31)2-5-24(37)39-15-17-8-19(9-17)20-13-32-26(33-14-20)34-21-3-4-22-18(10-21)6-7-27(22)12-23(36)35-25(27)38/h3-4,10,13-14,16-17,19H,2,5-9,11-12,15H2,1H3,(H,32,33,34)(H,35,36,38)/t16-,17?,19?,27?/m1/s1. The second kappa shape index (κ2) is 10.6. The third kappa shape index (κ3) is 6.07. The van der Waals surface area contributed by atoms with E-state index in [-0.39, 0.29) is 49.5 Å². The van der Waals surface area contributed by atoms with Crippen molar-refractivity contribution in [3.05, 3.63) is 47.3 Å². The van der Waals surface area contributed by atoms with Crippen molar-refractivity contribution in [2.24, 2.45) is 11.8 Å². The number of anilines is 2. The predicted molar refractivity (Wildman–Crippen MR) is 135 cm³/mol. The SMILES string of the molecule is C[C@H](CCC(=O)OCC1CC(c2cnc(Nc3ccc4c(c3)CCC43CC(=O)NC3=O)nc2)C1)CC(F)(F)F. The van der Waals surface area contributed by atoms with Crippen molar-refractivity contribution in [3.63, 3.8) is 0 Å². The number of ether oxygens (including phenoxy) is 1. The van der Waals surface area contributed by atoms with Crippen molar-refractivity contribution >= 4 is 29.4 Å². The fraction of sp³-hybridized carbons (Fsp3) is 0.536. The first-order valence-corrected chi connectivity index (χ1v) is 13.3. The highest BCUT2D eigenvalue weighted by Gasteiger charge is 2.51. The number of fused-ring (bicyclic) bond motifs is 2. The van der Waals surface area contributed by atoms with Gasteiger partial charge in [0.1, 0.15) is 0 Å². The van der Waals surface area contributed by atoms with E-state index in [0.717, 1.165) is 41.6 Å². The highest BCUT2D eigenvalue weighted by Crippen LogP contribution is 2.45. The fourth-order valence-corrected chi connectivity index (χ4v) is 5.92. The minimum Gasteiger partial charge on any atom is -0.465 e. The molecule has 1 aromatic heterocycles. The average Bonchev–Trinajstić information content (AvgIpc) is 3.34. The summed E-state index contributed by atoms with van der Waals surface area (Å²) in [6.45, 7) is 1.76. The number of carbonyl (C=O) groups is 3. The van der Waals surface area contributed by atoms with Crippen molar-refractivity contribution in [1.82, 2.24) is 15.3 Å². The predicted octanol–water partition coefficient (Wildman–Crippen LogP) is 4.86. The molecule has 1 aliphatic heterocycles. The molecule has 2 atom stereocenters. The first-order chi connectivity index (χ1) is 18.5. The third-order valence-corrected chi connectivity index (χ3v) is 8.13. The Morgan fingerprint density at radius 1 is 1.23 bits per heavy atom. The number of carbonyl (C=O) groups excluding carboxylic acids is 3. The van der Waals surface area contributed by atoms with Crippen molar-refractivity contribution in [2.75, 3.05) is 11.9 Å².